The monoisotopic (exact) mass is 461 g/mol. The van der Waals surface area contributed by atoms with Gasteiger partial charge in [-0.15, -0.1) is 11.3 Å². The highest BCUT2D eigenvalue weighted by molar-refractivity contribution is 7.13. The van der Waals surface area contributed by atoms with E-state index < -0.39 is 34.5 Å². The zero-order chi connectivity index (χ0) is 23.1. The normalized spacial score (nSPS) is 11.1. The predicted octanol–water partition coefficient (Wildman–Crippen LogP) is 4.36. The van der Waals surface area contributed by atoms with E-state index in [1.807, 2.05) is 17.5 Å². The first-order valence-corrected chi connectivity index (χ1v) is 10.5. The number of carbonyl (C=O) groups is 2. The largest absolute Gasteiger partial charge is 0.366 e. The van der Waals surface area contributed by atoms with Gasteiger partial charge >= 0.3 is 0 Å². The van der Waals surface area contributed by atoms with Crippen molar-refractivity contribution in [3.63, 3.8) is 0 Å². The van der Waals surface area contributed by atoms with Gasteiger partial charge in [0.05, 0.1) is 16.8 Å². The molecule has 7 nitrogen and oxygen atoms in total. The summed E-state index contributed by atoms with van der Waals surface area (Å²) in [7, 11) is 0. The number of aromatic nitrogens is 4. The van der Waals surface area contributed by atoms with E-state index in [2.05, 4.69) is 19.9 Å². The van der Waals surface area contributed by atoms with Crippen LogP contribution >= 0.6 is 11.3 Å². The summed E-state index contributed by atoms with van der Waals surface area (Å²) in [6, 6.07) is 7.11. The lowest BCUT2D eigenvalue weighted by atomic mass is 9.99. The third kappa shape index (κ3) is 3.56. The van der Waals surface area contributed by atoms with Crippen LogP contribution in [-0.4, -0.2) is 31.6 Å². The molecule has 1 amide bonds. The fourth-order valence-electron chi connectivity index (χ4n) is 3.45. The number of nitrogens with one attached hydrogen (secondary N) is 1. The maximum atomic E-state index is 14.7. The smallest absolute Gasteiger partial charge is 0.251 e. The molecule has 1 aromatic carbocycles. The van der Waals surface area contributed by atoms with E-state index in [-0.39, 0.29) is 5.56 Å². The number of aromatic amines is 1. The predicted molar refractivity (Wildman–Crippen MR) is 119 cm³/mol. The summed E-state index contributed by atoms with van der Waals surface area (Å²) >= 11 is 1.42. The summed E-state index contributed by atoms with van der Waals surface area (Å²) < 4.78 is 29.1. The minimum Gasteiger partial charge on any atom is -0.366 e. The van der Waals surface area contributed by atoms with Gasteiger partial charge in [0.15, 0.2) is 0 Å². The number of hydrogen-bond donors (Lipinski definition) is 2. The number of halogens is 2. The van der Waals surface area contributed by atoms with E-state index in [1.54, 1.807) is 24.7 Å². The highest BCUT2D eigenvalue weighted by Crippen LogP contribution is 2.31. The van der Waals surface area contributed by atoms with Gasteiger partial charge in [0.1, 0.15) is 22.3 Å². The van der Waals surface area contributed by atoms with Crippen molar-refractivity contribution >= 4 is 34.1 Å². The number of rotatable bonds is 5. The molecular weight excluding hydrogens is 448 g/mol. The number of hydrogen-bond acceptors (Lipinski definition) is 6. The van der Waals surface area contributed by atoms with Gasteiger partial charge in [-0.05, 0) is 30.3 Å². The molecule has 4 heterocycles. The van der Waals surface area contributed by atoms with Crippen molar-refractivity contribution in [3.05, 3.63) is 88.8 Å². The molecule has 0 atom stereocenters. The number of H-pyrrole nitrogens is 1. The number of nitrogens with zero attached hydrogens (tertiary/aromatic N) is 3. The molecule has 4 aromatic heterocycles. The SMILES string of the molecule is NC(=O)c1ccc(F)c(C(=O)c2c[nH]c3ncc(-c4csc(-c5cccnc5)n4)cc23)c1F. The second-order valence-electron chi connectivity index (χ2n) is 7.08. The number of ketones is 1. The maximum Gasteiger partial charge on any atom is 0.251 e. The van der Waals surface area contributed by atoms with Crippen LogP contribution in [0.2, 0.25) is 0 Å². The quantitative estimate of drug-likeness (QED) is 0.378. The number of thiazole rings is 1. The second-order valence-corrected chi connectivity index (χ2v) is 7.94. The average Bonchev–Trinajstić information content (AvgIpc) is 3.46. The molecule has 0 saturated carbocycles. The molecule has 0 bridgehead atoms. The van der Waals surface area contributed by atoms with Gasteiger partial charge in [-0.25, -0.2) is 18.7 Å². The maximum absolute atomic E-state index is 14.7. The Hall–Kier alpha value is -4.31. The van der Waals surface area contributed by atoms with E-state index in [4.69, 9.17) is 5.73 Å². The summed E-state index contributed by atoms with van der Waals surface area (Å²) in [5.74, 6) is -4.43. The Morgan fingerprint density at radius 2 is 1.91 bits per heavy atom. The van der Waals surface area contributed by atoms with E-state index >= 15 is 0 Å². The number of carbonyl (C=O) groups excluding carboxylic acids is 2. The molecule has 0 aliphatic rings. The van der Waals surface area contributed by atoms with Crippen LogP contribution in [0.4, 0.5) is 8.78 Å². The molecule has 0 radical (unpaired) electrons. The van der Waals surface area contributed by atoms with Gasteiger partial charge < -0.3 is 10.7 Å². The first kappa shape index (κ1) is 20.6. The van der Waals surface area contributed by atoms with E-state index in [0.29, 0.717) is 22.3 Å². The van der Waals surface area contributed by atoms with Crippen LogP contribution in [0, 0.1) is 11.6 Å². The van der Waals surface area contributed by atoms with Crippen LogP contribution < -0.4 is 5.73 Å². The van der Waals surface area contributed by atoms with Crippen molar-refractivity contribution in [2.75, 3.05) is 0 Å². The Labute approximate surface area is 189 Å². The molecule has 3 N–H and O–H groups in total. The number of pyridine rings is 2. The molecule has 5 aromatic rings. The number of fused-ring (bicyclic) bond motifs is 1. The van der Waals surface area contributed by atoms with Gasteiger partial charge in [-0.2, -0.15) is 0 Å². The first-order chi connectivity index (χ1) is 15.9. The highest BCUT2D eigenvalue weighted by atomic mass is 32.1. The van der Waals surface area contributed by atoms with Crippen molar-refractivity contribution in [3.8, 4) is 21.8 Å². The van der Waals surface area contributed by atoms with Crippen LogP contribution in [0.15, 0.2) is 60.5 Å². The zero-order valence-electron chi connectivity index (χ0n) is 16.7. The van der Waals surface area contributed by atoms with Gasteiger partial charge in [0, 0.05) is 52.2 Å². The molecule has 33 heavy (non-hydrogen) atoms. The minimum atomic E-state index is -1.30. The molecule has 0 aliphatic carbocycles. The summed E-state index contributed by atoms with van der Waals surface area (Å²) in [4.78, 5) is 40.3. The van der Waals surface area contributed by atoms with Gasteiger partial charge in [0.2, 0.25) is 5.78 Å². The summed E-state index contributed by atoms with van der Waals surface area (Å²) in [6.45, 7) is 0. The number of benzene rings is 1. The fraction of sp³-hybridized carbons (Fsp3) is 0. The van der Waals surface area contributed by atoms with E-state index in [0.717, 1.165) is 22.7 Å². The molecular formula is C23H13F2N5O2S. The van der Waals surface area contributed by atoms with Crippen LogP contribution in [0.3, 0.4) is 0 Å². The van der Waals surface area contributed by atoms with Gasteiger partial charge in [-0.3, -0.25) is 14.6 Å². The molecule has 5 rings (SSSR count). The molecule has 162 valence electrons. The van der Waals surface area contributed by atoms with Crippen LogP contribution in [0.1, 0.15) is 26.3 Å². The molecule has 0 unspecified atom stereocenters. The Kier molecular flexibility index (Phi) is 4.98. The minimum absolute atomic E-state index is 0.00137. The first-order valence-electron chi connectivity index (χ1n) is 9.60. The van der Waals surface area contributed by atoms with Crippen LogP contribution in [0.5, 0.6) is 0 Å². The standard InChI is InChI=1S/C23H13F2N5O2S/c24-16-4-3-13(21(26)32)19(25)18(16)20(31)15-9-29-22-14(15)6-12(8-28-22)17-10-33-23(30-17)11-2-1-5-27-7-11/h1-10H,(H2,26,32)(H,28,29). The number of amides is 1. The Morgan fingerprint density at radius 1 is 1.06 bits per heavy atom. The van der Waals surface area contributed by atoms with E-state index in [1.165, 1.54) is 17.5 Å². The number of primary amides is 1. The van der Waals surface area contributed by atoms with Gasteiger partial charge in [-0.1, -0.05) is 0 Å². The second kappa shape index (κ2) is 7.99. The third-order valence-electron chi connectivity index (χ3n) is 5.07. The van der Waals surface area contributed by atoms with Crippen molar-refractivity contribution in [1.82, 2.24) is 19.9 Å². The van der Waals surface area contributed by atoms with Crippen LogP contribution in [-0.2, 0) is 0 Å². The van der Waals surface area contributed by atoms with Crippen molar-refractivity contribution in [2.45, 2.75) is 0 Å². The third-order valence-corrected chi connectivity index (χ3v) is 5.96. The van der Waals surface area contributed by atoms with Crippen molar-refractivity contribution < 1.29 is 18.4 Å². The topological polar surface area (TPSA) is 115 Å². The Bertz CT molecular complexity index is 1550. The lowest BCUT2D eigenvalue weighted by Gasteiger charge is -2.07. The van der Waals surface area contributed by atoms with Crippen LogP contribution in [0.25, 0.3) is 32.9 Å². The summed E-state index contributed by atoms with van der Waals surface area (Å²) in [5, 5.41) is 2.96. The number of nitrogens with two attached hydrogens (primary N) is 1. The fourth-order valence-corrected chi connectivity index (χ4v) is 4.27. The molecule has 0 saturated heterocycles. The lowest BCUT2D eigenvalue weighted by molar-refractivity contribution is 0.0996. The average molecular weight is 461 g/mol. The van der Waals surface area contributed by atoms with Crippen molar-refractivity contribution in [1.29, 1.82) is 0 Å². The Balaban J connectivity index is 1.58. The molecule has 0 spiro atoms. The zero-order valence-corrected chi connectivity index (χ0v) is 17.5. The Morgan fingerprint density at radius 3 is 2.67 bits per heavy atom. The van der Waals surface area contributed by atoms with Gasteiger partial charge in [0.25, 0.3) is 5.91 Å². The molecule has 0 fully saturated rings. The van der Waals surface area contributed by atoms with E-state index in [9.17, 15) is 18.4 Å². The summed E-state index contributed by atoms with van der Waals surface area (Å²) in [6.07, 6.45) is 6.28. The van der Waals surface area contributed by atoms with Crippen molar-refractivity contribution in [2.24, 2.45) is 5.73 Å². The molecule has 10 heteroatoms. The lowest BCUT2D eigenvalue weighted by Crippen LogP contribution is -2.17. The summed E-state index contributed by atoms with van der Waals surface area (Å²) in [5.41, 5.74) is 6.18. The highest BCUT2D eigenvalue weighted by Gasteiger charge is 2.26. The molecule has 0 aliphatic heterocycles.